The lowest BCUT2D eigenvalue weighted by Crippen LogP contribution is -2.62. The van der Waals surface area contributed by atoms with Crippen LogP contribution in [0.2, 0.25) is 0 Å². The molecule has 0 aliphatic carbocycles. The molecule has 0 aliphatic heterocycles. The van der Waals surface area contributed by atoms with Gasteiger partial charge in [0.1, 0.15) is 17.1 Å². The molecular weight excluding hydrogens is 600 g/mol. The number of benzene rings is 2. The summed E-state index contributed by atoms with van der Waals surface area (Å²) in [7, 11) is 0. The van der Waals surface area contributed by atoms with Gasteiger partial charge in [0.05, 0.1) is 24.3 Å². The average Bonchev–Trinajstić information content (AvgIpc) is 2.89. The van der Waals surface area contributed by atoms with Gasteiger partial charge < -0.3 is 18.9 Å². The Labute approximate surface area is 250 Å². The number of allylic oxidation sites excluding steroid dienone is 1. The predicted octanol–water partition coefficient (Wildman–Crippen LogP) is 7.70. The second-order valence-corrected chi connectivity index (χ2v) is 10.3. The highest BCUT2D eigenvalue weighted by molar-refractivity contribution is 6.07. The monoisotopic (exact) mass is 633 g/mol. The summed E-state index contributed by atoms with van der Waals surface area (Å²) in [6, 6.07) is 6.56. The number of alkyl carbamates (subject to hydrolysis) is 1. The van der Waals surface area contributed by atoms with Crippen molar-refractivity contribution in [2.45, 2.75) is 71.0 Å². The molecule has 0 atom stereocenters. The number of rotatable bonds is 11. The van der Waals surface area contributed by atoms with E-state index in [2.05, 4.69) is 5.32 Å². The molecule has 2 aromatic carbocycles. The van der Waals surface area contributed by atoms with E-state index in [4.69, 9.17) is 18.9 Å². The molecule has 0 saturated heterocycles. The first-order valence-electron chi connectivity index (χ1n) is 13.4. The van der Waals surface area contributed by atoms with Gasteiger partial charge in [-0.05, 0) is 83.4 Å². The number of carbonyl (C=O) groups excluding carboxylic acids is 3. The van der Waals surface area contributed by atoms with E-state index < -0.39 is 58.4 Å². The van der Waals surface area contributed by atoms with Crippen LogP contribution in [0.4, 0.5) is 31.1 Å². The van der Waals surface area contributed by atoms with Crippen molar-refractivity contribution in [3.63, 3.8) is 0 Å². The number of nitrogens with one attached hydrogen (secondary N) is 1. The molecule has 0 unspecified atom stereocenters. The van der Waals surface area contributed by atoms with Crippen molar-refractivity contribution in [2.24, 2.45) is 0 Å². The zero-order chi connectivity index (χ0) is 33.3. The molecule has 44 heavy (non-hydrogen) atoms. The lowest BCUT2D eigenvalue weighted by atomic mass is 9.93. The molecule has 8 nitrogen and oxygen atoms in total. The van der Waals surface area contributed by atoms with Gasteiger partial charge in [0.15, 0.2) is 0 Å². The molecule has 0 saturated carbocycles. The third-order valence-corrected chi connectivity index (χ3v) is 5.64. The zero-order valence-corrected chi connectivity index (χ0v) is 24.7. The summed E-state index contributed by atoms with van der Waals surface area (Å²) in [5.74, 6) is -2.76. The van der Waals surface area contributed by atoms with Crippen molar-refractivity contribution >= 4 is 24.1 Å². The van der Waals surface area contributed by atoms with Gasteiger partial charge in [0.25, 0.3) is 0 Å². The van der Waals surface area contributed by atoms with E-state index in [1.165, 1.54) is 38.1 Å². The molecule has 242 valence electrons. The minimum atomic E-state index is -5.02. The van der Waals surface area contributed by atoms with E-state index >= 15 is 0 Å². The average molecular weight is 634 g/mol. The summed E-state index contributed by atoms with van der Waals surface area (Å²) in [5.41, 5.74) is -5.63. The highest BCUT2D eigenvalue weighted by Crippen LogP contribution is 2.39. The molecule has 2 aromatic rings. The number of hydrogen-bond acceptors (Lipinski definition) is 7. The van der Waals surface area contributed by atoms with E-state index in [1.807, 2.05) is 0 Å². The Morgan fingerprint density at radius 2 is 1.27 bits per heavy atom. The van der Waals surface area contributed by atoms with Gasteiger partial charge in [-0.1, -0.05) is 24.3 Å². The van der Waals surface area contributed by atoms with Gasteiger partial charge in [-0.25, -0.2) is 14.4 Å². The van der Waals surface area contributed by atoms with Crippen LogP contribution in [0, 0.1) is 0 Å². The van der Waals surface area contributed by atoms with Crippen LogP contribution in [0.15, 0.2) is 48.5 Å². The van der Waals surface area contributed by atoms with Crippen LogP contribution in [0.1, 0.15) is 64.2 Å². The fourth-order valence-corrected chi connectivity index (χ4v) is 3.73. The van der Waals surface area contributed by atoms with Crippen LogP contribution >= 0.6 is 0 Å². The number of esters is 2. The van der Waals surface area contributed by atoms with Crippen LogP contribution < -0.4 is 10.1 Å². The van der Waals surface area contributed by atoms with Crippen LogP contribution in [0.5, 0.6) is 11.5 Å². The van der Waals surface area contributed by atoms with Crippen molar-refractivity contribution in [3.05, 3.63) is 65.2 Å². The molecule has 1 N–H and O–H groups in total. The lowest BCUT2D eigenvalue weighted by molar-refractivity contribution is -0.166. The summed E-state index contributed by atoms with van der Waals surface area (Å²) >= 11 is 0. The van der Waals surface area contributed by atoms with Crippen LogP contribution in [-0.2, 0) is 36.2 Å². The number of amides is 1. The van der Waals surface area contributed by atoms with Gasteiger partial charge in [-0.15, -0.1) is 0 Å². The van der Waals surface area contributed by atoms with Crippen molar-refractivity contribution in [2.75, 3.05) is 13.2 Å². The minimum Gasteiger partial charge on any atom is -0.464 e. The highest BCUT2D eigenvalue weighted by atomic mass is 19.4. The Kier molecular flexibility index (Phi) is 11.8. The molecule has 0 heterocycles. The SMILES string of the molecule is CCOC(=O)C(CC/C=C/c1ccc(Oc2cc(C(F)(F)F)cc(C(F)(F)F)c2)cc1)(NC(=O)OC(C)(C)C)C(=O)OCC. The maximum absolute atomic E-state index is 13.1. The number of hydrogen-bond donors (Lipinski definition) is 1. The second kappa shape index (κ2) is 14.5. The van der Waals surface area contributed by atoms with Gasteiger partial charge in [0.2, 0.25) is 5.54 Å². The smallest absolute Gasteiger partial charge is 0.416 e. The third-order valence-electron chi connectivity index (χ3n) is 5.64. The van der Waals surface area contributed by atoms with E-state index in [1.54, 1.807) is 32.9 Å². The van der Waals surface area contributed by atoms with Crippen molar-refractivity contribution in [1.82, 2.24) is 5.32 Å². The van der Waals surface area contributed by atoms with Crippen molar-refractivity contribution < 1.29 is 59.7 Å². The Morgan fingerprint density at radius 3 is 1.70 bits per heavy atom. The normalized spacial score (nSPS) is 12.5. The molecule has 0 aliphatic rings. The number of ether oxygens (including phenoxy) is 4. The molecular formula is C30H33F6NO7. The summed E-state index contributed by atoms with van der Waals surface area (Å²) in [6.07, 6.45) is -8.15. The highest BCUT2D eigenvalue weighted by Gasteiger charge is 2.50. The molecule has 1 amide bonds. The quantitative estimate of drug-likeness (QED) is 0.117. The first-order chi connectivity index (χ1) is 20.3. The molecule has 0 bridgehead atoms. The summed E-state index contributed by atoms with van der Waals surface area (Å²) in [5, 5.41) is 2.31. The van der Waals surface area contributed by atoms with Crippen LogP contribution in [0.25, 0.3) is 6.08 Å². The Bertz CT molecular complexity index is 1280. The Hall–Kier alpha value is -4.23. The Balaban J connectivity index is 2.24. The van der Waals surface area contributed by atoms with Gasteiger partial charge in [-0.2, -0.15) is 26.3 Å². The summed E-state index contributed by atoms with van der Waals surface area (Å²) in [6.45, 7) is 7.68. The lowest BCUT2D eigenvalue weighted by Gasteiger charge is -2.31. The van der Waals surface area contributed by atoms with Crippen molar-refractivity contribution in [1.29, 1.82) is 0 Å². The zero-order valence-electron chi connectivity index (χ0n) is 24.7. The maximum atomic E-state index is 13.1. The fraction of sp³-hybridized carbons (Fsp3) is 0.433. The van der Waals surface area contributed by atoms with Gasteiger partial charge >= 0.3 is 30.4 Å². The topological polar surface area (TPSA) is 100 Å². The fourth-order valence-electron chi connectivity index (χ4n) is 3.73. The molecule has 0 spiro atoms. The Morgan fingerprint density at radius 1 is 0.773 bits per heavy atom. The molecule has 14 heteroatoms. The standard InChI is InChI=1S/C30H33F6NO7/c1-6-41-24(38)28(25(39)42-7-2,37-26(40)44-27(3,4)5)15-9-8-10-19-11-13-22(14-12-19)43-23-17-20(29(31,32)33)16-21(18-23)30(34,35)36/h8,10-14,16-18H,6-7,9,15H2,1-5H3,(H,37,40)/b10-8+. The minimum absolute atomic E-state index is 0.00234. The maximum Gasteiger partial charge on any atom is 0.416 e. The van der Waals surface area contributed by atoms with E-state index in [9.17, 15) is 40.7 Å². The summed E-state index contributed by atoms with van der Waals surface area (Å²) in [4.78, 5) is 38.4. The van der Waals surface area contributed by atoms with Gasteiger partial charge in [0, 0.05) is 0 Å². The van der Waals surface area contributed by atoms with Crippen LogP contribution in [-0.4, -0.2) is 42.4 Å². The molecule has 0 radical (unpaired) electrons. The number of halogens is 6. The van der Waals surface area contributed by atoms with Gasteiger partial charge in [-0.3, -0.25) is 5.32 Å². The van der Waals surface area contributed by atoms with Crippen LogP contribution in [0.3, 0.4) is 0 Å². The van der Waals surface area contributed by atoms with E-state index in [-0.39, 0.29) is 37.9 Å². The number of alkyl halides is 6. The largest absolute Gasteiger partial charge is 0.464 e. The first kappa shape index (κ1) is 36.0. The second-order valence-electron chi connectivity index (χ2n) is 10.3. The third kappa shape index (κ3) is 10.5. The predicted molar refractivity (Wildman–Crippen MR) is 147 cm³/mol. The first-order valence-corrected chi connectivity index (χ1v) is 13.4. The molecule has 0 fully saturated rings. The number of carbonyl (C=O) groups is 3. The summed E-state index contributed by atoms with van der Waals surface area (Å²) < 4.78 is 99.4. The molecule has 2 rings (SSSR count). The van der Waals surface area contributed by atoms with E-state index in [0.717, 1.165) is 0 Å². The van der Waals surface area contributed by atoms with E-state index in [0.29, 0.717) is 17.7 Å². The van der Waals surface area contributed by atoms with Crippen molar-refractivity contribution in [3.8, 4) is 11.5 Å². The molecule has 0 aromatic heterocycles.